The molecule has 4 rings (SSSR count). The second-order valence-electron chi connectivity index (χ2n) is 6.87. The first kappa shape index (κ1) is 18.7. The number of alkyl carbamates (subject to hydrolysis) is 1. The third-order valence-corrected chi connectivity index (χ3v) is 5.61. The van der Waals surface area contributed by atoms with Gasteiger partial charge in [0.05, 0.1) is 18.1 Å². The van der Waals surface area contributed by atoms with Crippen molar-refractivity contribution in [2.45, 2.75) is 37.8 Å². The van der Waals surface area contributed by atoms with Crippen molar-refractivity contribution in [2.24, 2.45) is 0 Å². The number of hydrazine groups is 1. The van der Waals surface area contributed by atoms with E-state index in [1.165, 1.54) is 17.1 Å². The summed E-state index contributed by atoms with van der Waals surface area (Å²) in [5.74, 6) is 0.159. The Bertz CT molecular complexity index is 945. The standard InChI is InChI=1S/C18H20BrN5O4/c1-28-18(27)22-12-6-7-15(25)23-8-2-3-14(24(23)17(12)26)16-20-11-5-4-10(19)9-13(11)21-16/h4-5,9,12,14H,2-3,6-8H2,1H3,(H,20,21)(H,22,27)/t12-,14-/m0/s1. The minimum Gasteiger partial charge on any atom is -0.453 e. The minimum atomic E-state index is -0.819. The number of halogens is 1. The molecule has 2 fully saturated rings. The van der Waals surface area contributed by atoms with Gasteiger partial charge in [-0.1, -0.05) is 15.9 Å². The molecule has 0 aliphatic carbocycles. The number of carbonyl (C=O) groups is 3. The number of nitrogens with one attached hydrogen (secondary N) is 2. The Balaban J connectivity index is 1.71. The predicted octanol–water partition coefficient (Wildman–Crippen LogP) is 2.25. The molecule has 2 N–H and O–H groups in total. The summed E-state index contributed by atoms with van der Waals surface area (Å²) < 4.78 is 5.55. The van der Waals surface area contributed by atoms with Gasteiger partial charge < -0.3 is 15.0 Å². The Hall–Kier alpha value is -2.62. The predicted molar refractivity (Wildman–Crippen MR) is 103 cm³/mol. The Morgan fingerprint density at radius 3 is 2.96 bits per heavy atom. The fourth-order valence-electron chi connectivity index (χ4n) is 3.78. The minimum absolute atomic E-state index is 0.133. The molecule has 2 saturated heterocycles. The lowest BCUT2D eigenvalue weighted by atomic mass is 10.1. The van der Waals surface area contributed by atoms with Crippen molar-refractivity contribution in [1.82, 2.24) is 25.3 Å². The van der Waals surface area contributed by atoms with Crippen LogP contribution in [0.4, 0.5) is 4.79 Å². The highest BCUT2D eigenvalue weighted by molar-refractivity contribution is 9.10. The fourth-order valence-corrected chi connectivity index (χ4v) is 4.14. The molecule has 3 amide bonds. The average Bonchev–Trinajstić information content (AvgIpc) is 3.07. The van der Waals surface area contributed by atoms with Crippen LogP contribution in [0.25, 0.3) is 11.0 Å². The topological polar surface area (TPSA) is 108 Å². The quantitative estimate of drug-likeness (QED) is 0.730. The SMILES string of the molecule is COC(=O)N[C@H]1CCC(=O)N2CCC[C@@H](c3nc4ccc(Br)cc4[nH]3)N2C1=O. The second kappa shape index (κ2) is 7.42. The Kier molecular flexibility index (Phi) is 4.96. The average molecular weight is 450 g/mol. The van der Waals surface area contributed by atoms with Crippen molar-refractivity contribution in [1.29, 1.82) is 0 Å². The maximum atomic E-state index is 13.2. The number of carbonyl (C=O) groups excluding carboxylic acids is 3. The number of methoxy groups -OCH3 is 1. The number of nitrogens with zero attached hydrogens (tertiary/aromatic N) is 3. The number of amides is 3. The van der Waals surface area contributed by atoms with Gasteiger partial charge in [-0.2, -0.15) is 0 Å². The first-order valence-electron chi connectivity index (χ1n) is 9.11. The van der Waals surface area contributed by atoms with Gasteiger partial charge in [0.2, 0.25) is 5.91 Å². The smallest absolute Gasteiger partial charge is 0.407 e. The zero-order valence-electron chi connectivity index (χ0n) is 15.3. The summed E-state index contributed by atoms with van der Waals surface area (Å²) in [6.45, 7) is 0.470. The van der Waals surface area contributed by atoms with Crippen molar-refractivity contribution < 1.29 is 19.1 Å². The molecule has 2 atom stereocenters. The number of hydrogen-bond donors (Lipinski definition) is 2. The molecule has 1 aromatic carbocycles. The first-order chi connectivity index (χ1) is 13.5. The van der Waals surface area contributed by atoms with Crippen molar-refractivity contribution in [3.8, 4) is 0 Å². The van der Waals surface area contributed by atoms with Gasteiger partial charge in [-0.05, 0) is 37.5 Å². The second-order valence-corrected chi connectivity index (χ2v) is 7.78. The number of rotatable bonds is 2. The molecule has 10 heteroatoms. The van der Waals surface area contributed by atoms with Crippen LogP contribution in [0.1, 0.15) is 37.5 Å². The van der Waals surface area contributed by atoms with Crippen LogP contribution in [0.15, 0.2) is 22.7 Å². The molecule has 2 aromatic rings. The molecule has 0 bridgehead atoms. The highest BCUT2D eigenvalue weighted by Crippen LogP contribution is 2.34. The van der Waals surface area contributed by atoms with E-state index in [0.29, 0.717) is 18.8 Å². The van der Waals surface area contributed by atoms with E-state index in [1.807, 2.05) is 18.2 Å². The van der Waals surface area contributed by atoms with Crippen LogP contribution in [0, 0.1) is 0 Å². The van der Waals surface area contributed by atoms with Crippen LogP contribution in [0.3, 0.4) is 0 Å². The molecular formula is C18H20BrN5O4. The van der Waals surface area contributed by atoms with Crippen LogP contribution in [-0.4, -0.2) is 57.6 Å². The van der Waals surface area contributed by atoms with Crippen LogP contribution in [-0.2, 0) is 14.3 Å². The third kappa shape index (κ3) is 3.32. The summed E-state index contributed by atoms with van der Waals surface area (Å²) in [6, 6.07) is 4.48. The van der Waals surface area contributed by atoms with Gasteiger partial charge in [-0.25, -0.2) is 14.8 Å². The van der Waals surface area contributed by atoms with Gasteiger partial charge in [-0.3, -0.25) is 14.6 Å². The molecule has 0 spiro atoms. The molecule has 3 heterocycles. The maximum absolute atomic E-state index is 13.2. The Morgan fingerprint density at radius 2 is 2.18 bits per heavy atom. The highest BCUT2D eigenvalue weighted by atomic mass is 79.9. The lowest BCUT2D eigenvalue weighted by Crippen LogP contribution is -2.57. The van der Waals surface area contributed by atoms with Crippen LogP contribution in [0.2, 0.25) is 0 Å². The summed E-state index contributed by atoms with van der Waals surface area (Å²) in [5.41, 5.74) is 1.63. The molecular weight excluding hydrogens is 430 g/mol. The van der Waals surface area contributed by atoms with E-state index in [0.717, 1.165) is 21.9 Å². The third-order valence-electron chi connectivity index (χ3n) is 5.12. The van der Waals surface area contributed by atoms with Crippen molar-refractivity contribution in [2.75, 3.05) is 13.7 Å². The maximum Gasteiger partial charge on any atom is 0.407 e. The van der Waals surface area contributed by atoms with Gasteiger partial charge in [0.25, 0.3) is 5.91 Å². The van der Waals surface area contributed by atoms with Gasteiger partial charge in [0, 0.05) is 17.4 Å². The lowest BCUT2D eigenvalue weighted by molar-refractivity contribution is -0.174. The number of ether oxygens (including phenoxy) is 1. The summed E-state index contributed by atoms with van der Waals surface area (Å²) in [6.07, 6.45) is 1.15. The number of imidazole rings is 1. The zero-order valence-corrected chi connectivity index (χ0v) is 16.9. The van der Waals surface area contributed by atoms with E-state index in [-0.39, 0.29) is 24.7 Å². The van der Waals surface area contributed by atoms with Gasteiger partial charge >= 0.3 is 6.09 Å². The monoisotopic (exact) mass is 449 g/mol. The number of benzene rings is 1. The van der Waals surface area contributed by atoms with E-state index in [2.05, 4.69) is 36.0 Å². The number of H-pyrrole nitrogens is 1. The fraction of sp³-hybridized carbons (Fsp3) is 0.444. The van der Waals surface area contributed by atoms with Crippen molar-refractivity contribution >= 4 is 44.9 Å². The van der Waals surface area contributed by atoms with E-state index < -0.39 is 18.2 Å². The molecule has 148 valence electrons. The summed E-state index contributed by atoms with van der Waals surface area (Å²) >= 11 is 3.44. The lowest BCUT2D eigenvalue weighted by Gasteiger charge is -2.42. The van der Waals surface area contributed by atoms with Crippen LogP contribution in [0.5, 0.6) is 0 Å². The zero-order chi connectivity index (χ0) is 19.8. The molecule has 2 aliphatic rings. The Labute approximate surface area is 169 Å². The molecule has 2 aliphatic heterocycles. The number of aromatic nitrogens is 2. The molecule has 28 heavy (non-hydrogen) atoms. The van der Waals surface area contributed by atoms with E-state index in [9.17, 15) is 14.4 Å². The largest absolute Gasteiger partial charge is 0.453 e. The summed E-state index contributed by atoms with van der Waals surface area (Å²) in [7, 11) is 1.24. The molecule has 0 saturated carbocycles. The van der Waals surface area contributed by atoms with Gasteiger partial charge in [-0.15, -0.1) is 0 Å². The molecule has 0 radical (unpaired) electrons. The van der Waals surface area contributed by atoms with Gasteiger partial charge in [0.15, 0.2) is 0 Å². The van der Waals surface area contributed by atoms with Crippen LogP contribution >= 0.6 is 15.9 Å². The molecule has 0 unspecified atom stereocenters. The normalized spacial score (nSPS) is 22.8. The van der Waals surface area contributed by atoms with E-state index in [1.54, 1.807) is 0 Å². The first-order valence-corrected chi connectivity index (χ1v) is 9.90. The van der Waals surface area contributed by atoms with Crippen molar-refractivity contribution in [3.63, 3.8) is 0 Å². The Morgan fingerprint density at radius 1 is 1.36 bits per heavy atom. The molecule has 1 aromatic heterocycles. The molecule has 9 nitrogen and oxygen atoms in total. The summed E-state index contributed by atoms with van der Waals surface area (Å²) in [4.78, 5) is 45.5. The number of fused-ring (bicyclic) bond motifs is 2. The van der Waals surface area contributed by atoms with Crippen molar-refractivity contribution in [3.05, 3.63) is 28.5 Å². The van der Waals surface area contributed by atoms with E-state index >= 15 is 0 Å². The highest BCUT2D eigenvalue weighted by Gasteiger charge is 2.43. The van der Waals surface area contributed by atoms with Crippen LogP contribution < -0.4 is 5.32 Å². The van der Waals surface area contributed by atoms with Gasteiger partial charge in [0.1, 0.15) is 17.9 Å². The number of aromatic amines is 1. The number of hydrogen-bond acceptors (Lipinski definition) is 5. The summed E-state index contributed by atoms with van der Waals surface area (Å²) in [5, 5.41) is 5.51. The van der Waals surface area contributed by atoms with E-state index in [4.69, 9.17) is 0 Å².